The summed E-state index contributed by atoms with van der Waals surface area (Å²) in [4.78, 5) is 16.7. The van der Waals surface area contributed by atoms with Crippen LogP contribution in [0.2, 0.25) is 0 Å². The Hall–Kier alpha value is -2.27. The second kappa shape index (κ2) is 6.96. The van der Waals surface area contributed by atoms with Crippen LogP contribution in [0.4, 0.5) is 8.78 Å². The molecule has 3 nitrogen and oxygen atoms in total. The van der Waals surface area contributed by atoms with Gasteiger partial charge in [0.25, 0.3) is 0 Å². The maximum Gasteiger partial charge on any atom is 0.225 e. The minimum Gasteiger partial charge on any atom is -0.340 e. The van der Waals surface area contributed by atoms with Crippen molar-refractivity contribution >= 4 is 5.91 Å². The van der Waals surface area contributed by atoms with Gasteiger partial charge in [0.2, 0.25) is 5.91 Å². The first kappa shape index (κ1) is 17.8. The van der Waals surface area contributed by atoms with Crippen LogP contribution in [-0.4, -0.2) is 41.9 Å². The second-order valence-electron chi connectivity index (χ2n) is 8.26. The van der Waals surface area contributed by atoms with Gasteiger partial charge in [-0.05, 0) is 60.2 Å². The maximum atomic E-state index is 14.0. The van der Waals surface area contributed by atoms with Crippen LogP contribution in [0.3, 0.4) is 0 Å². The number of hydrogen-bond acceptors (Lipinski definition) is 2. The third kappa shape index (κ3) is 3.22. The third-order valence-electron chi connectivity index (χ3n) is 6.51. The fraction of sp³-hybridized carbons (Fsp3) is 0.435. The minimum atomic E-state index is -0.242. The molecule has 3 aliphatic rings. The third-order valence-corrected chi connectivity index (χ3v) is 6.51. The Morgan fingerprint density at radius 3 is 2.21 bits per heavy atom. The van der Waals surface area contributed by atoms with E-state index in [-0.39, 0.29) is 29.5 Å². The van der Waals surface area contributed by atoms with E-state index in [1.165, 1.54) is 18.2 Å². The van der Waals surface area contributed by atoms with Crippen molar-refractivity contribution in [3.8, 4) is 0 Å². The highest BCUT2D eigenvalue weighted by atomic mass is 19.1. The molecule has 0 bridgehead atoms. The summed E-state index contributed by atoms with van der Waals surface area (Å²) < 4.78 is 27.4. The van der Waals surface area contributed by atoms with Gasteiger partial charge in [-0.3, -0.25) is 9.69 Å². The summed E-state index contributed by atoms with van der Waals surface area (Å²) in [5.74, 6) is 0.255. The molecule has 0 spiro atoms. The summed E-state index contributed by atoms with van der Waals surface area (Å²) in [6.07, 6.45) is 2.93. The Kier molecular flexibility index (Phi) is 4.43. The fourth-order valence-corrected chi connectivity index (χ4v) is 4.83. The normalized spacial score (nSPS) is 25.0. The van der Waals surface area contributed by atoms with Gasteiger partial charge in [0, 0.05) is 44.1 Å². The minimum absolute atomic E-state index is 0.138. The van der Waals surface area contributed by atoms with Crippen molar-refractivity contribution in [2.45, 2.75) is 31.2 Å². The van der Waals surface area contributed by atoms with Gasteiger partial charge in [0.05, 0.1) is 0 Å². The average molecular weight is 382 g/mol. The lowest BCUT2D eigenvalue weighted by atomic mass is 9.93. The zero-order chi connectivity index (χ0) is 19.3. The molecule has 0 aromatic heterocycles. The maximum absolute atomic E-state index is 14.0. The second-order valence-corrected chi connectivity index (χ2v) is 8.26. The molecule has 1 aliphatic heterocycles. The van der Waals surface area contributed by atoms with Crippen LogP contribution in [0.15, 0.2) is 42.5 Å². The summed E-state index contributed by atoms with van der Waals surface area (Å²) in [7, 11) is 0. The van der Waals surface area contributed by atoms with Gasteiger partial charge in [-0.1, -0.05) is 18.2 Å². The number of rotatable bonds is 3. The number of carbonyl (C=O) groups is 1. The van der Waals surface area contributed by atoms with Crippen molar-refractivity contribution in [2.75, 3.05) is 26.2 Å². The average Bonchev–Trinajstić information content (AvgIpc) is 3.50. The Morgan fingerprint density at radius 1 is 0.857 bits per heavy atom. The van der Waals surface area contributed by atoms with Gasteiger partial charge in [-0.2, -0.15) is 0 Å². The van der Waals surface area contributed by atoms with Crippen LogP contribution >= 0.6 is 0 Å². The van der Waals surface area contributed by atoms with Crippen molar-refractivity contribution < 1.29 is 13.6 Å². The molecular formula is C23H24F2N2O. The molecule has 1 saturated carbocycles. The predicted molar refractivity (Wildman–Crippen MR) is 103 cm³/mol. The highest BCUT2D eigenvalue weighted by molar-refractivity contribution is 5.81. The first-order chi connectivity index (χ1) is 13.6. The molecule has 0 N–H and O–H groups in total. The van der Waals surface area contributed by atoms with Crippen molar-refractivity contribution in [2.24, 2.45) is 5.92 Å². The Balaban J connectivity index is 1.37. The smallest absolute Gasteiger partial charge is 0.225 e. The molecule has 5 rings (SSSR count). The molecule has 2 aromatic rings. The van der Waals surface area contributed by atoms with Crippen molar-refractivity contribution in [1.29, 1.82) is 0 Å². The van der Waals surface area contributed by atoms with Crippen LogP contribution in [0.1, 0.15) is 47.9 Å². The van der Waals surface area contributed by atoms with E-state index in [1.807, 2.05) is 23.1 Å². The number of piperazine rings is 1. The molecule has 1 saturated heterocycles. The molecule has 1 amide bonds. The van der Waals surface area contributed by atoms with E-state index in [9.17, 15) is 13.6 Å². The number of amides is 1. The SMILES string of the molecule is O=C(C1CC1)N1CCN(C2CC(c3ccc(F)cc3)c3ccc(F)cc32)CC1. The summed E-state index contributed by atoms with van der Waals surface area (Å²) >= 11 is 0. The van der Waals surface area contributed by atoms with Crippen LogP contribution in [-0.2, 0) is 4.79 Å². The van der Waals surface area contributed by atoms with Crippen LogP contribution in [0, 0.1) is 17.6 Å². The zero-order valence-corrected chi connectivity index (χ0v) is 15.8. The summed E-state index contributed by atoms with van der Waals surface area (Å²) in [5.41, 5.74) is 3.24. The molecule has 5 heteroatoms. The summed E-state index contributed by atoms with van der Waals surface area (Å²) in [6, 6.07) is 11.9. The lowest BCUT2D eigenvalue weighted by Gasteiger charge is -2.38. The first-order valence-electron chi connectivity index (χ1n) is 10.2. The first-order valence-corrected chi connectivity index (χ1v) is 10.2. The molecule has 2 aromatic carbocycles. The van der Waals surface area contributed by atoms with Crippen molar-refractivity contribution in [1.82, 2.24) is 9.80 Å². The lowest BCUT2D eigenvalue weighted by molar-refractivity contribution is -0.134. The van der Waals surface area contributed by atoms with E-state index >= 15 is 0 Å². The molecule has 2 atom stereocenters. The standard InChI is InChI=1S/C23H24F2N2O/c24-17-5-3-15(4-6-17)20-14-22(21-13-18(25)7-8-19(20)21)26-9-11-27(12-10-26)23(28)16-1-2-16/h3-8,13,16,20,22H,1-2,9-12,14H2. The number of hydrogen-bond donors (Lipinski definition) is 0. The van der Waals surface area contributed by atoms with Crippen LogP contribution < -0.4 is 0 Å². The molecule has 146 valence electrons. The van der Waals surface area contributed by atoms with Gasteiger partial charge in [-0.25, -0.2) is 8.78 Å². The summed E-state index contributed by atoms with van der Waals surface area (Å²) in [5, 5.41) is 0. The van der Waals surface area contributed by atoms with Gasteiger partial charge in [-0.15, -0.1) is 0 Å². The van der Waals surface area contributed by atoms with Crippen LogP contribution in [0.5, 0.6) is 0 Å². The Labute approximate surface area is 163 Å². The van der Waals surface area contributed by atoms with Crippen LogP contribution in [0.25, 0.3) is 0 Å². The van der Waals surface area contributed by atoms with Gasteiger partial charge in [0.15, 0.2) is 0 Å². The molecule has 28 heavy (non-hydrogen) atoms. The highest BCUT2D eigenvalue weighted by Gasteiger charge is 2.39. The van der Waals surface area contributed by atoms with E-state index in [0.29, 0.717) is 5.91 Å². The highest BCUT2D eigenvalue weighted by Crippen LogP contribution is 2.47. The number of benzene rings is 2. The van der Waals surface area contributed by atoms with Gasteiger partial charge < -0.3 is 4.90 Å². The predicted octanol–water partition coefficient (Wildman–Crippen LogP) is 4.10. The fourth-order valence-electron chi connectivity index (χ4n) is 4.83. The van der Waals surface area contributed by atoms with Gasteiger partial charge >= 0.3 is 0 Å². The van der Waals surface area contributed by atoms with E-state index in [4.69, 9.17) is 0 Å². The molecule has 2 unspecified atom stereocenters. The molecule has 2 aliphatic carbocycles. The number of halogens is 2. The van der Waals surface area contributed by atoms with Crippen molar-refractivity contribution in [3.63, 3.8) is 0 Å². The van der Waals surface area contributed by atoms with E-state index < -0.39 is 0 Å². The zero-order valence-electron chi connectivity index (χ0n) is 15.8. The topological polar surface area (TPSA) is 23.6 Å². The van der Waals surface area contributed by atoms with Gasteiger partial charge in [0.1, 0.15) is 11.6 Å². The van der Waals surface area contributed by atoms with E-state index in [2.05, 4.69) is 4.90 Å². The number of nitrogens with zero attached hydrogens (tertiary/aromatic N) is 2. The Morgan fingerprint density at radius 2 is 1.54 bits per heavy atom. The number of fused-ring (bicyclic) bond motifs is 1. The molecule has 0 radical (unpaired) electrons. The quantitative estimate of drug-likeness (QED) is 0.798. The van der Waals surface area contributed by atoms with E-state index in [1.54, 1.807) is 6.07 Å². The molecular weight excluding hydrogens is 358 g/mol. The largest absolute Gasteiger partial charge is 0.340 e. The lowest BCUT2D eigenvalue weighted by Crippen LogP contribution is -2.49. The van der Waals surface area contributed by atoms with Crippen molar-refractivity contribution in [3.05, 3.63) is 70.8 Å². The molecule has 2 fully saturated rings. The van der Waals surface area contributed by atoms with E-state index in [0.717, 1.165) is 62.1 Å². The Bertz CT molecular complexity index is 886. The summed E-state index contributed by atoms with van der Waals surface area (Å²) in [6.45, 7) is 3.12. The monoisotopic (exact) mass is 382 g/mol. The molecule has 1 heterocycles. The number of carbonyl (C=O) groups excluding carboxylic acids is 1.